The van der Waals surface area contributed by atoms with E-state index < -0.39 is 40.3 Å². The molecule has 0 fully saturated rings. The van der Waals surface area contributed by atoms with Crippen LogP contribution in [0.1, 0.15) is 11.3 Å². The molecular formula is C24H15F5N2. The Labute approximate surface area is 175 Å². The lowest BCUT2D eigenvalue weighted by Gasteiger charge is -2.16. The third-order valence-electron chi connectivity index (χ3n) is 4.96. The number of rotatable bonds is 3. The van der Waals surface area contributed by atoms with Crippen molar-refractivity contribution in [2.75, 3.05) is 0 Å². The van der Waals surface area contributed by atoms with Crippen LogP contribution >= 0.6 is 0 Å². The maximum Gasteiger partial charge on any atom is 0.200 e. The summed E-state index contributed by atoms with van der Waals surface area (Å²) in [6.45, 7) is 3.29. The fourth-order valence-corrected chi connectivity index (χ4v) is 3.39. The van der Waals surface area contributed by atoms with E-state index >= 15 is 0 Å². The molecule has 0 spiro atoms. The van der Waals surface area contributed by atoms with Crippen LogP contribution in [0.5, 0.6) is 0 Å². The highest BCUT2D eigenvalue weighted by atomic mass is 19.2. The number of nitrogens with zero attached hydrogens (tertiary/aromatic N) is 2. The van der Waals surface area contributed by atoms with E-state index in [-0.39, 0.29) is 11.4 Å². The second kappa shape index (κ2) is 7.91. The van der Waals surface area contributed by atoms with Gasteiger partial charge in [-0.25, -0.2) is 31.9 Å². The number of benzene rings is 3. The summed E-state index contributed by atoms with van der Waals surface area (Å²) in [5, 5.41) is 0. The molecule has 1 aromatic heterocycles. The highest BCUT2D eigenvalue weighted by molar-refractivity contribution is 5.82. The van der Waals surface area contributed by atoms with Gasteiger partial charge in [-0.1, -0.05) is 54.6 Å². The van der Waals surface area contributed by atoms with Crippen LogP contribution < -0.4 is 0 Å². The summed E-state index contributed by atoms with van der Waals surface area (Å²) in [6, 6.07) is 16.1. The van der Waals surface area contributed by atoms with E-state index in [1.807, 2.05) is 31.2 Å². The van der Waals surface area contributed by atoms with Gasteiger partial charge < -0.3 is 0 Å². The molecule has 156 valence electrons. The maximum atomic E-state index is 14.5. The van der Waals surface area contributed by atoms with Crippen molar-refractivity contribution in [1.82, 2.24) is 9.97 Å². The van der Waals surface area contributed by atoms with Crippen molar-refractivity contribution in [3.8, 4) is 33.8 Å². The van der Waals surface area contributed by atoms with Crippen LogP contribution in [-0.4, -0.2) is 9.97 Å². The summed E-state index contributed by atoms with van der Waals surface area (Å²) in [6.07, 6.45) is 0. The van der Waals surface area contributed by atoms with Crippen molar-refractivity contribution in [3.05, 3.63) is 94.9 Å². The standard InChI is InChI=1S/C24H15F5N2/c1-12-8-6-7-11-15(12)24-23(14-9-4-3-5-10-14)31-22(13(2)30-24)16-17(25)19(27)21(29)20(28)18(16)26/h3-11H,1-2H3. The first-order valence-electron chi connectivity index (χ1n) is 9.33. The van der Waals surface area contributed by atoms with E-state index in [0.29, 0.717) is 11.3 Å². The molecular weight excluding hydrogens is 411 g/mol. The van der Waals surface area contributed by atoms with Crippen LogP contribution in [0.4, 0.5) is 22.0 Å². The fraction of sp³-hybridized carbons (Fsp3) is 0.0833. The van der Waals surface area contributed by atoms with Gasteiger partial charge in [0, 0.05) is 11.1 Å². The molecule has 0 aliphatic rings. The molecule has 3 aromatic carbocycles. The molecule has 0 unspecified atom stereocenters. The predicted octanol–water partition coefficient (Wildman–Crippen LogP) is 6.79. The van der Waals surface area contributed by atoms with E-state index in [0.717, 1.165) is 11.1 Å². The largest absolute Gasteiger partial charge is 0.249 e. The molecule has 7 heteroatoms. The molecule has 31 heavy (non-hydrogen) atoms. The molecule has 0 bridgehead atoms. The SMILES string of the molecule is Cc1ccccc1-c1nc(C)c(-c2c(F)c(F)c(F)c(F)c2F)nc1-c1ccccc1. The minimum atomic E-state index is -2.22. The van der Waals surface area contributed by atoms with Crippen molar-refractivity contribution in [2.24, 2.45) is 0 Å². The summed E-state index contributed by atoms with van der Waals surface area (Å²) < 4.78 is 70.2. The quantitative estimate of drug-likeness (QED) is 0.205. The number of aromatic nitrogens is 2. The molecule has 1 heterocycles. The lowest BCUT2D eigenvalue weighted by atomic mass is 9.98. The van der Waals surface area contributed by atoms with E-state index in [9.17, 15) is 22.0 Å². The first-order chi connectivity index (χ1) is 14.8. The lowest BCUT2D eigenvalue weighted by Crippen LogP contribution is -2.08. The second-order valence-corrected chi connectivity index (χ2v) is 6.98. The average molecular weight is 426 g/mol. The highest BCUT2D eigenvalue weighted by Gasteiger charge is 2.29. The van der Waals surface area contributed by atoms with Crippen LogP contribution in [0.15, 0.2) is 54.6 Å². The van der Waals surface area contributed by atoms with Gasteiger partial charge in [0.25, 0.3) is 0 Å². The average Bonchev–Trinajstić information content (AvgIpc) is 2.78. The number of halogens is 5. The Hall–Kier alpha value is -3.61. The zero-order valence-corrected chi connectivity index (χ0v) is 16.5. The Morgan fingerprint density at radius 1 is 0.548 bits per heavy atom. The van der Waals surface area contributed by atoms with Gasteiger partial charge in [-0.05, 0) is 19.4 Å². The Kier molecular flexibility index (Phi) is 5.27. The monoisotopic (exact) mass is 426 g/mol. The summed E-state index contributed by atoms with van der Waals surface area (Å²) in [7, 11) is 0. The smallest absolute Gasteiger partial charge is 0.200 e. The number of aryl methyl sites for hydroxylation is 2. The number of hydrogen-bond donors (Lipinski definition) is 0. The van der Waals surface area contributed by atoms with Crippen LogP contribution in [0.25, 0.3) is 33.8 Å². The van der Waals surface area contributed by atoms with E-state index in [1.54, 1.807) is 30.3 Å². The zero-order chi connectivity index (χ0) is 22.3. The van der Waals surface area contributed by atoms with Crippen LogP contribution in [-0.2, 0) is 0 Å². The summed E-state index contributed by atoms with van der Waals surface area (Å²) >= 11 is 0. The fourth-order valence-electron chi connectivity index (χ4n) is 3.39. The predicted molar refractivity (Wildman–Crippen MR) is 108 cm³/mol. The lowest BCUT2D eigenvalue weighted by molar-refractivity contribution is 0.381. The molecule has 4 rings (SSSR count). The van der Waals surface area contributed by atoms with Crippen molar-refractivity contribution in [3.63, 3.8) is 0 Å². The van der Waals surface area contributed by atoms with Gasteiger partial charge >= 0.3 is 0 Å². The summed E-state index contributed by atoms with van der Waals surface area (Å²) in [5.41, 5.74) is 1.42. The minimum Gasteiger partial charge on any atom is -0.249 e. The third kappa shape index (κ3) is 3.46. The van der Waals surface area contributed by atoms with Gasteiger partial charge in [-0.2, -0.15) is 0 Å². The normalized spacial score (nSPS) is 11.1. The van der Waals surface area contributed by atoms with Gasteiger partial charge in [-0.3, -0.25) is 0 Å². The van der Waals surface area contributed by atoms with Crippen molar-refractivity contribution in [1.29, 1.82) is 0 Å². The molecule has 0 radical (unpaired) electrons. The summed E-state index contributed by atoms with van der Waals surface area (Å²) in [4.78, 5) is 8.85. The second-order valence-electron chi connectivity index (χ2n) is 6.98. The van der Waals surface area contributed by atoms with E-state index in [2.05, 4.69) is 9.97 Å². The molecule has 0 saturated heterocycles. The van der Waals surface area contributed by atoms with Crippen LogP contribution in [0.3, 0.4) is 0 Å². The van der Waals surface area contributed by atoms with Gasteiger partial charge in [0.05, 0.1) is 28.3 Å². The van der Waals surface area contributed by atoms with Crippen molar-refractivity contribution < 1.29 is 22.0 Å². The Morgan fingerprint density at radius 3 is 1.71 bits per heavy atom. The van der Waals surface area contributed by atoms with E-state index in [1.165, 1.54) is 6.92 Å². The molecule has 0 aliphatic carbocycles. The zero-order valence-electron chi connectivity index (χ0n) is 16.5. The Bertz CT molecular complexity index is 1270. The highest BCUT2D eigenvalue weighted by Crippen LogP contribution is 2.37. The van der Waals surface area contributed by atoms with Crippen LogP contribution in [0, 0.1) is 42.9 Å². The van der Waals surface area contributed by atoms with Gasteiger partial charge in [-0.15, -0.1) is 0 Å². The van der Waals surface area contributed by atoms with Crippen molar-refractivity contribution >= 4 is 0 Å². The molecule has 0 aliphatic heterocycles. The maximum absolute atomic E-state index is 14.5. The topological polar surface area (TPSA) is 25.8 Å². The minimum absolute atomic E-state index is 0.0288. The molecule has 0 amide bonds. The Balaban J connectivity index is 2.08. The number of hydrogen-bond acceptors (Lipinski definition) is 2. The van der Waals surface area contributed by atoms with Gasteiger partial charge in [0.15, 0.2) is 23.3 Å². The molecule has 4 aromatic rings. The molecule has 2 nitrogen and oxygen atoms in total. The first kappa shape index (κ1) is 20.7. The van der Waals surface area contributed by atoms with Gasteiger partial charge in [0.2, 0.25) is 5.82 Å². The van der Waals surface area contributed by atoms with Gasteiger partial charge in [0.1, 0.15) is 0 Å². The van der Waals surface area contributed by atoms with E-state index in [4.69, 9.17) is 0 Å². The Morgan fingerprint density at radius 2 is 1.10 bits per heavy atom. The van der Waals surface area contributed by atoms with Crippen LogP contribution in [0.2, 0.25) is 0 Å². The molecule has 0 saturated carbocycles. The molecule has 0 atom stereocenters. The summed E-state index contributed by atoms with van der Waals surface area (Å²) in [5.74, 6) is -10.2. The third-order valence-corrected chi connectivity index (χ3v) is 4.96. The first-order valence-corrected chi connectivity index (χ1v) is 9.33. The van der Waals surface area contributed by atoms with Crippen molar-refractivity contribution in [2.45, 2.75) is 13.8 Å². The molecule has 0 N–H and O–H groups in total.